The quantitative estimate of drug-likeness (QED) is 0.431. The highest BCUT2D eigenvalue weighted by Gasteiger charge is 2.35. The van der Waals surface area contributed by atoms with Crippen molar-refractivity contribution in [3.8, 4) is 17.2 Å². The number of fused-ring (bicyclic) bond motifs is 1. The number of hydrogen-bond donors (Lipinski definition) is 1. The Bertz CT molecular complexity index is 1140. The summed E-state index contributed by atoms with van der Waals surface area (Å²) in [5, 5.41) is 15.5. The Hall–Kier alpha value is -3.59. The molecule has 0 bridgehead atoms. The molecule has 2 aliphatic rings. The van der Waals surface area contributed by atoms with Gasteiger partial charge in [0.05, 0.1) is 12.2 Å². The molecule has 2 aromatic carbocycles. The number of ether oxygens (including phenoxy) is 3. The predicted molar refractivity (Wildman–Crippen MR) is 130 cm³/mol. The lowest BCUT2D eigenvalue weighted by Gasteiger charge is -2.20. The Kier molecular flexibility index (Phi) is 7.09. The first-order valence-electron chi connectivity index (χ1n) is 10.7. The predicted octanol–water partition coefficient (Wildman–Crippen LogP) is 4.57. The molecular weight excluding hydrogens is 440 g/mol. The Balaban J connectivity index is 1.48. The topological polar surface area (TPSA) is 96.6 Å². The van der Waals surface area contributed by atoms with Gasteiger partial charge in [-0.1, -0.05) is 31.2 Å². The molecule has 170 valence electrons. The van der Waals surface area contributed by atoms with Crippen LogP contribution in [0.4, 0.5) is 0 Å². The van der Waals surface area contributed by atoms with Gasteiger partial charge in [0.15, 0.2) is 17.3 Å². The maximum Gasteiger partial charge on any atom is 0.283 e. The zero-order valence-electron chi connectivity index (χ0n) is 18.4. The number of carbonyl (C=O) groups is 1. The number of nitrogens with one attached hydrogen (secondary N) is 1. The molecule has 2 aromatic rings. The van der Waals surface area contributed by atoms with E-state index in [0.29, 0.717) is 42.1 Å². The third-order valence-electron chi connectivity index (χ3n) is 4.73. The van der Waals surface area contributed by atoms with Crippen molar-refractivity contribution in [1.29, 1.82) is 5.41 Å². The summed E-state index contributed by atoms with van der Waals surface area (Å²) in [5.74, 6) is 1.47. The van der Waals surface area contributed by atoms with Crippen LogP contribution < -0.4 is 14.2 Å². The Morgan fingerprint density at radius 1 is 1.03 bits per heavy atom. The molecule has 2 aliphatic heterocycles. The number of aliphatic imine (C=N–C) groups is 1. The molecule has 0 saturated carbocycles. The molecule has 0 radical (unpaired) electrons. The second-order valence-corrected chi connectivity index (χ2v) is 8.06. The van der Waals surface area contributed by atoms with E-state index in [0.717, 1.165) is 17.2 Å². The van der Waals surface area contributed by atoms with E-state index >= 15 is 0 Å². The van der Waals surface area contributed by atoms with Crippen molar-refractivity contribution in [1.82, 2.24) is 5.01 Å². The summed E-state index contributed by atoms with van der Waals surface area (Å²) < 4.78 is 17.2. The highest BCUT2D eigenvalue weighted by atomic mass is 32.2. The van der Waals surface area contributed by atoms with E-state index in [1.807, 2.05) is 50.2 Å². The van der Waals surface area contributed by atoms with Gasteiger partial charge >= 0.3 is 0 Å². The summed E-state index contributed by atoms with van der Waals surface area (Å²) in [6, 6.07) is 14.9. The second-order valence-electron chi connectivity index (χ2n) is 7.02. The highest BCUT2D eigenvalue weighted by molar-refractivity contribution is 8.26. The smallest absolute Gasteiger partial charge is 0.283 e. The summed E-state index contributed by atoms with van der Waals surface area (Å²) in [6.07, 6.45) is 2.34. The monoisotopic (exact) mass is 464 g/mol. The van der Waals surface area contributed by atoms with E-state index in [4.69, 9.17) is 19.6 Å². The van der Waals surface area contributed by atoms with Gasteiger partial charge in [-0.15, -0.1) is 0 Å². The van der Waals surface area contributed by atoms with Gasteiger partial charge < -0.3 is 14.2 Å². The second kappa shape index (κ2) is 10.4. The molecule has 0 aromatic heterocycles. The summed E-state index contributed by atoms with van der Waals surface area (Å²) in [4.78, 5) is 16.7. The van der Waals surface area contributed by atoms with Gasteiger partial charge in [-0.2, -0.15) is 15.1 Å². The van der Waals surface area contributed by atoms with Gasteiger partial charge in [0.25, 0.3) is 5.91 Å². The number of hydrogen-bond acceptors (Lipinski definition) is 7. The third kappa shape index (κ3) is 5.25. The first kappa shape index (κ1) is 22.6. The molecular formula is C24H24N4O4S. The average molecular weight is 465 g/mol. The van der Waals surface area contributed by atoms with Crippen LogP contribution in [0.15, 0.2) is 64.2 Å². The minimum atomic E-state index is -0.456. The minimum absolute atomic E-state index is 0.0114. The zero-order valence-corrected chi connectivity index (χ0v) is 19.2. The lowest BCUT2D eigenvalue weighted by molar-refractivity contribution is -0.114. The standard InChI is InChI=1S/C24H24N4O4S/c1-3-21-27-28-22(25)18(23(29)26-24(28)33-21)14-16-10-11-19(20(15-16)30-4-2)32-13-12-31-17-8-6-5-7-9-17/h5-11,14-15,25H,3-4,12-13H2,1-2H3/b18-14+,25-22?. The minimum Gasteiger partial charge on any atom is -0.490 e. The normalized spacial score (nSPS) is 16.4. The fourth-order valence-corrected chi connectivity index (χ4v) is 4.00. The van der Waals surface area contributed by atoms with Crippen molar-refractivity contribution < 1.29 is 19.0 Å². The van der Waals surface area contributed by atoms with Gasteiger partial charge in [0, 0.05) is 0 Å². The van der Waals surface area contributed by atoms with Crippen LogP contribution in [0.3, 0.4) is 0 Å². The molecule has 0 spiro atoms. The van der Waals surface area contributed by atoms with Gasteiger partial charge in [-0.05, 0) is 61.0 Å². The Labute approximate surface area is 196 Å². The van der Waals surface area contributed by atoms with Gasteiger partial charge in [-0.25, -0.2) is 0 Å². The number of para-hydroxylation sites is 1. The lowest BCUT2D eigenvalue weighted by atomic mass is 10.1. The van der Waals surface area contributed by atoms with Crippen molar-refractivity contribution in [3.63, 3.8) is 0 Å². The largest absolute Gasteiger partial charge is 0.490 e. The summed E-state index contributed by atoms with van der Waals surface area (Å²) in [5.41, 5.74) is 0.873. The number of rotatable bonds is 9. The summed E-state index contributed by atoms with van der Waals surface area (Å²) in [6.45, 7) is 5.05. The maximum atomic E-state index is 12.6. The van der Waals surface area contributed by atoms with E-state index in [9.17, 15) is 4.79 Å². The molecule has 4 rings (SSSR count). The van der Waals surface area contributed by atoms with Crippen LogP contribution in [0.1, 0.15) is 25.8 Å². The van der Waals surface area contributed by atoms with Crippen LogP contribution in [0.5, 0.6) is 17.2 Å². The number of thioether (sulfide) groups is 1. The maximum absolute atomic E-state index is 12.6. The van der Waals surface area contributed by atoms with Crippen molar-refractivity contribution in [2.45, 2.75) is 20.3 Å². The van der Waals surface area contributed by atoms with E-state index in [2.05, 4.69) is 10.1 Å². The third-order valence-corrected chi connectivity index (χ3v) is 5.78. The molecule has 0 saturated heterocycles. The van der Waals surface area contributed by atoms with E-state index in [-0.39, 0.29) is 11.4 Å². The van der Waals surface area contributed by atoms with Gasteiger partial charge in [0.1, 0.15) is 24.0 Å². The molecule has 0 aliphatic carbocycles. The van der Waals surface area contributed by atoms with E-state index < -0.39 is 5.91 Å². The Morgan fingerprint density at radius 2 is 1.82 bits per heavy atom. The number of nitrogens with zero attached hydrogens (tertiary/aromatic N) is 3. The van der Waals surface area contributed by atoms with E-state index in [1.165, 1.54) is 16.8 Å². The molecule has 33 heavy (non-hydrogen) atoms. The number of carbonyl (C=O) groups excluding carboxylic acids is 1. The van der Waals surface area contributed by atoms with Crippen molar-refractivity contribution >= 4 is 39.8 Å². The first-order chi connectivity index (χ1) is 16.1. The van der Waals surface area contributed by atoms with Crippen molar-refractivity contribution in [2.24, 2.45) is 10.1 Å². The molecule has 0 atom stereocenters. The van der Waals surface area contributed by atoms with Crippen LogP contribution in [0.25, 0.3) is 6.08 Å². The van der Waals surface area contributed by atoms with Crippen LogP contribution >= 0.6 is 11.8 Å². The first-order valence-corrected chi connectivity index (χ1v) is 11.5. The molecule has 1 amide bonds. The number of hydrazone groups is 1. The number of amidine groups is 2. The Morgan fingerprint density at radius 3 is 2.58 bits per heavy atom. The summed E-state index contributed by atoms with van der Waals surface area (Å²) >= 11 is 1.32. The molecule has 0 fully saturated rings. The number of benzene rings is 2. The van der Waals surface area contributed by atoms with Gasteiger partial charge in [-0.3, -0.25) is 10.2 Å². The van der Waals surface area contributed by atoms with Crippen LogP contribution in [-0.2, 0) is 4.79 Å². The lowest BCUT2D eigenvalue weighted by Crippen LogP contribution is -2.35. The van der Waals surface area contributed by atoms with Crippen molar-refractivity contribution in [3.05, 3.63) is 59.7 Å². The van der Waals surface area contributed by atoms with Crippen LogP contribution in [0, 0.1) is 5.41 Å². The average Bonchev–Trinajstić information content (AvgIpc) is 3.25. The molecule has 8 nitrogen and oxygen atoms in total. The highest BCUT2D eigenvalue weighted by Crippen LogP contribution is 2.32. The fourth-order valence-electron chi connectivity index (χ4n) is 3.17. The molecule has 0 unspecified atom stereocenters. The van der Waals surface area contributed by atoms with Crippen molar-refractivity contribution in [2.75, 3.05) is 19.8 Å². The zero-order chi connectivity index (χ0) is 23.2. The fraction of sp³-hybridized carbons (Fsp3) is 0.250. The SMILES string of the molecule is CCOc1cc(/C=C2\C(=N)N3N=C(CC)SC3=NC2=O)ccc1OCCOc1ccccc1. The van der Waals surface area contributed by atoms with Crippen LogP contribution in [-0.4, -0.2) is 46.8 Å². The van der Waals surface area contributed by atoms with Gasteiger partial charge in [0.2, 0.25) is 5.17 Å². The van der Waals surface area contributed by atoms with Crippen LogP contribution in [0.2, 0.25) is 0 Å². The molecule has 9 heteroatoms. The summed E-state index contributed by atoms with van der Waals surface area (Å²) in [7, 11) is 0. The molecule has 2 heterocycles. The number of amides is 1. The molecule has 1 N–H and O–H groups in total. The van der Waals surface area contributed by atoms with E-state index in [1.54, 1.807) is 18.2 Å².